The van der Waals surface area contributed by atoms with Crippen molar-refractivity contribution in [3.63, 3.8) is 0 Å². The van der Waals surface area contributed by atoms with E-state index in [9.17, 15) is 4.79 Å². The quantitative estimate of drug-likeness (QED) is 0.480. The minimum absolute atomic E-state index is 0.210. The van der Waals surface area contributed by atoms with E-state index in [1.165, 1.54) is 6.61 Å². The maximum absolute atomic E-state index is 11.1. The molecule has 0 fully saturated rings. The van der Waals surface area contributed by atoms with Crippen LogP contribution in [0.15, 0.2) is 0 Å². The molecule has 1 radical (unpaired) electrons. The Balaban J connectivity index is 3.45. The lowest BCUT2D eigenvalue weighted by Crippen LogP contribution is -2.22. The Morgan fingerprint density at radius 1 is 1.42 bits per heavy atom. The van der Waals surface area contributed by atoms with Gasteiger partial charge in [0.15, 0.2) is 0 Å². The minimum Gasteiger partial charge on any atom is -0.458 e. The molecule has 0 amide bonds. The van der Waals surface area contributed by atoms with Gasteiger partial charge in [0.2, 0.25) is 0 Å². The van der Waals surface area contributed by atoms with Gasteiger partial charge < -0.3 is 9.47 Å². The molecule has 0 atom stereocenters. The molecular formula is C9H17O3. The largest absolute Gasteiger partial charge is 0.458 e. The molecule has 0 aromatic rings. The van der Waals surface area contributed by atoms with Gasteiger partial charge in [-0.2, -0.15) is 0 Å². The molecule has 0 aliphatic carbocycles. The highest BCUT2D eigenvalue weighted by molar-refractivity contribution is 5.75. The summed E-state index contributed by atoms with van der Waals surface area (Å²) < 4.78 is 9.65. The maximum Gasteiger partial charge on any atom is 0.311 e. The van der Waals surface area contributed by atoms with Crippen LogP contribution in [0.1, 0.15) is 27.2 Å². The van der Waals surface area contributed by atoms with E-state index >= 15 is 0 Å². The Hall–Kier alpha value is -0.570. The van der Waals surface area contributed by atoms with Gasteiger partial charge in [-0.15, -0.1) is 0 Å². The number of carbonyl (C=O) groups excluding carboxylic acids is 1. The Bertz CT molecular complexity index is 135. The summed E-state index contributed by atoms with van der Waals surface area (Å²) in [5.74, 6) is -0.210. The zero-order valence-electron chi connectivity index (χ0n) is 8.22. The van der Waals surface area contributed by atoms with Crippen molar-refractivity contribution in [3.8, 4) is 0 Å². The molecule has 71 valence electrons. The van der Waals surface area contributed by atoms with Crippen LogP contribution < -0.4 is 0 Å². The average molecular weight is 173 g/mol. The molecule has 0 aliphatic rings. The van der Waals surface area contributed by atoms with Crippen LogP contribution in [0.4, 0.5) is 0 Å². The molecule has 12 heavy (non-hydrogen) atoms. The summed E-state index contributed by atoms with van der Waals surface area (Å²) in [6, 6.07) is 0. The Morgan fingerprint density at radius 2 is 2.00 bits per heavy atom. The van der Waals surface area contributed by atoms with E-state index < -0.39 is 5.41 Å². The third-order valence-electron chi connectivity index (χ3n) is 1.24. The fraction of sp³-hybridized carbons (Fsp3) is 0.778. The zero-order valence-corrected chi connectivity index (χ0v) is 8.22. The van der Waals surface area contributed by atoms with Crippen molar-refractivity contribution in [2.75, 3.05) is 13.7 Å². The van der Waals surface area contributed by atoms with E-state index in [-0.39, 0.29) is 5.97 Å². The van der Waals surface area contributed by atoms with E-state index in [0.29, 0.717) is 13.0 Å². The molecule has 0 saturated carbocycles. The smallest absolute Gasteiger partial charge is 0.311 e. The van der Waals surface area contributed by atoms with Crippen molar-refractivity contribution >= 4 is 5.97 Å². The lowest BCUT2D eigenvalue weighted by atomic mass is 9.97. The van der Waals surface area contributed by atoms with Gasteiger partial charge in [0.1, 0.15) is 6.61 Å². The second-order valence-corrected chi connectivity index (χ2v) is 3.60. The van der Waals surface area contributed by atoms with Crippen LogP contribution in [-0.4, -0.2) is 19.7 Å². The zero-order chi connectivity index (χ0) is 9.61. The lowest BCUT2D eigenvalue weighted by molar-refractivity contribution is -0.149. The number of carbonyl (C=O) groups is 1. The van der Waals surface area contributed by atoms with E-state index in [1.54, 1.807) is 7.11 Å². The number of esters is 1. The predicted octanol–water partition coefficient (Wildman–Crippen LogP) is 1.77. The summed E-state index contributed by atoms with van der Waals surface area (Å²) in [7, 11) is 1.61. The predicted molar refractivity (Wildman–Crippen MR) is 46.3 cm³/mol. The lowest BCUT2D eigenvalue weighted by Gasteiger charge is -2.15. The number of hydrogen-bond acceptors (Lipinski definition) is 3. The number of rotatable bonds is 4. The minimum atomic E-state index is -0.427. The van der Waals surface area contributed by atoms with Crippen molar-refractivity contribution in [1.82, 2.24) is 0 Å². The van der Waals surface area contributed by atoms with Crippen LogP contribution in [0, 0.1) is 12.0 Å². The number of hydrogen-bond donors (Lipinski definition) is 0. The molecule has 3 nitrogen and oxygen atoms in total. The normalized spacial score (nSPS) is 11.3. The molecule has 0 aliphatic heterocycles. The highest BCUT2D eigenvalue weighted by atomic mass is 16.5. The molecule has 0 bridgehead atoms. The van der Waals surface area contributed by atoms with Gasteiger partial charge in [-0.1, -0.05) is 0 Å². The van der Waals surface area contributed by atoms with Gasteiger partial charge in [0.25, 0.3) is 0 Å². The van der Waals surface area contributed by atoms with Crippen LogP contribution in [0.3, 0.4) is 0 Å². The Morgan fingerprint density at radius 3 is 2.42 bits per heavy atom. The molecule has 0 spiro atoms. The van der Waals surface area contributed by atoms with Crippen LogP contribution >= 0.6 is 0 Å². The van der Waals surface area contributed by atoms with Gasteiger partial charge in [-0.3, -0.25) is 4.79 Å². The summed E-state index contributed by atoms with van der Waals surface area (Å²) in [5.41, 5.74) is -0.427. The third-order valence-corrected chi connectivity index (χ3v) is 1.24. The van der Waals surface area contributed by atoms with Crippen molar-refractivity contribution < 1.29 is 14.3 Å². The highest BCUT2D eigenvalue weighted by Crippen LogP contribution is 2.15. The van der Waals surface area contributed by atoms with E-state index in [2.05, 4.69) is 0 Å². The van der Waals surface area contributed by atoms with Gasteiger partial charge in [0.05, 0.1) is 5.41 Å². The second-order valence-electron chi connectivity index (χ2n) is 3.60. The molecule has 0 rings (SSSR count). The second kappa shape index (κ2) is 5.14. The first-order valence-electron chi connectivity index (χ1n) is 4.00. The van der Waals surface area contributed by atoms with E-state index in [4.69, 9.17) is 9.47 Å². The van der Waals surface area contributed by atoms with Crippen molar-refractivity contribution in [2.24, 2.45) is 5.41 Å². The van der Waals surface area contributed by atoms with E-state index in [1.807, 2.05) is 20.8 Å². The van der Waals surface area contributed by atoms with Crippen molar-refractivity contribution in [1.29, 1.82) is 0 Å². The average Bonchev–Trinajstić information content (AvgIpc) is 1.96. The summed E-state index contributed by atoms with van der Waals surface area (Å²) in [6.45, 7) is 7.52. The van der Waals surface area contributed by atoms with E-state index in [0.717, 1.165) is 0 Å². The maximum atomic E-state index is 11.1. The molecule has 0 aromatic carbocycles. The fourth-order valence-corrected chi connectivity index (χ4v) is 0.477. The molecule has 3 heteroatoms. The Labute approximate surface area is 74.0 Å². The highest BCUT2D eigenvalue weighted by Gasteiger charge is 2.22. The summed E-state index contributed by atoms with van der Waals surface area (Å²) in [6.07, 6.45) is 0.637. The molecular weight excluding hydrogens is 156 g/mol. The standard InChI is InChI=1S/C9H17O3/c1-9(2,3)8(10)12-7-5-6-11-4/h7H,5-6H2,1-4H3. The first kappa shape index (κ1) is 11.4. The summed E-state index contributed by atoms with van der Waals surface area (Å²) in [5, 5.41) is 0. The molecule has 0 unspecified atom stereocenters. The molecule has 0 heterocycles. The van der Waals surface area contributed by atoms with Gasteiger partial charge >= 0.3 is 5.97 Å². The SMILES string of the molecule is COCC[CH]OC(=O)C(C)(C)C. The molecule has 0 saturated heterocycles. The number of ether oxygens (including phenoxy) is 2. The van der Waals surface area contributed by atoms with Gasteiger partial charge in [-0.05, 0) is 20.8 Å². The molecule has 0 N–H and O–H groups in total. The Kier molecular flexibility index (Phi) is 4.90. The summed E-state index contributed by atoms with van der Waals surface area (Å²) >= 11 is 0. The van der Waals surface area contributed by atoms with Gasteiger partial charge in [-0.25, -0.2) is 0 Å². The van der Waals surface area contributed by atoms with Crippen LogP contribution in [-0.2, 0) is 14.3 Å². The number of methoxy groups -OCH3 is 1. The first-order chi connectivity index (χ1) is 5.48. The fourth-order valence-electron chi connectivity index (χ4n) is 0.477. The third kappa shape index (κ3) is 5.13. The van der Waals surface area contributed by atoms with Crippen LogP contribution in [0.2, 0.25) is 0 Å². The van der Waals surface area contributed by atoms with Crippen LogP contribution in [0.5, 0.6) is 0 Å². The van der Waals surface area contributed by atoms with Crippen LogP contribution in [0.25, 0.3) is 0 Å². The van der Waals surface area contributed by atoms with Gasteiger partial charge in [0, 0.05) is 20.1 Å². The topological polar surface area (TPSA) is 35.5 Å². The first-order valence-corrected chi connectivity index (χ1v) is 4.00. The molecule has 0 aromatic heterocycles. The van der Waals surface area contributed by atoms with Crippen molar-refractivity contribution in [3.05, 3.63) is 6.61 Å². The summed E-state index contributed by atoms with van der Waals surface area (Å²) in [4.78, 5) is 11.1. The monoisotopic (exact) mass is 173 g/mol. The van der Waals surface area contributed by atoms with Crippen molar-refractivity contribution in [2.45, 2.75) is 27.2 Å².